The zero-order valence-corrected chi connectivity index (χ0v) is 9.51. The van der Waals surface area contributed by atoms with Crippen molar-refractivity contribution in [3.63, 3.8) is 0 Å². The largest absolute Gasteiger partial charge is 0.341 e. The van der Waals surface area contributed by atoms with Crippen LogP contribution in [0.4, 0.5) is 0 Å². The first-order valence-electron chi connectivity index (χ1n) is 4.79. The number of fused-ring (bicyclic) bond motifs is 1. The molecular weight excluding hydrogens is 212 g/mol. The van der Waals surface area contributed by atoms with Crippen molar-refractivity contribution in [2.24, 2.45) is 5.73 Å². The zero-order chi connectivity index (χ0) is 10.1. The highest BCUT2D eigenvalue weighted by Gasteiger charge is 2.20. The van der Waals surface area contributed by atoms with Gasteiger partial charge in [-0.25, -0.2) is 0 Å². The molecule has 3 nitrogen and oxygen atoms in total. The van der Waals surface area contributed by atoms with Gasteiger partial charge in [0.05, 0.1) is 0 Å². The summed E-state index contributed by atoms with van der Waals surface area (Å²) >= 11 is 0. The SMILES string of the molecule is CN1CCc2ccc(CN)cc2C1=O.Cl. The van der Waals surface area contributed by atoms with Crippen LogP contribution in [0.3, 0.4) is 0 Å². The molecule has 82 valence electrons. The Labute approximate surface area is 95.7 Å². The van der Waals surface area contributed by atoms with E-state index in [0.29, 0.717) is 6.54 Å². The number of amides is 1. The molecule has 0 aliphatic carbocycles. The number of nitrogens with zero attached hydrogens (tertiary/aromatic N) is 1. The number of nitrogens with two attached hydrogens (primary N) is 1. The molecular formula is C11H15ClN2O. The van der Waals surface area contributed by atoms with Crippen LogP contribution in [0.1, 0.15) is 21.5 Å². The van der Waals surface area contributed by atoms with E-state index in [9.17, 15) is 4.79 Å². The van der Waals surface area contributed by atoms with Gasteiger partial charge in [-0.05, 0) is 23.6 Å². The first kappa shape index (κ1) is 12.0. The summed E-state index contributed by atoms with van der Waals surface area (Å²) in [6.07, 6.45) is 0.947. The molecule has 1 amide bonds. The maximum absolute atomic E-state index is 11.8. The third-order valence-electron chi connectivity index (χ3n) is 2.70. The molecule has 4 heteroatoms. The molecule has 1 aliphatic heterocycles. The minimum Gasteiger partial charge on any atom is -0.341 e. The fourth-order valence-electron chi connectivity index (χ4n) is 1.76. The second kappa shape index (κ2) is 4.64. The lowest BCUT2D eigenvalue weighted by Gasteiger charge is -2.25. The van der Waals surface area contributed by atoms with E-state index in [2.05, 4.69) is 0 Å². The van der Waals surface area contributed by atoms with E-state index < -0.39 is 0 Å². The molecule has 0 saturated heterocycles. The Kier molecular flexibility index (Phi) is 3.72. The van der Waals surface area contributed by atoms with Gasteiger partial charge in [-0.1, -0.05) is 12.1 Å². The summed E-state index contributed by atoms with van der Waals surface area (Å²) in [5.41, 5.74) is 8.52. The van der Waals surface area contributed by atoms with Crippen LogP contribution < -0.4 is 5.73 Å². The molecule has 0 radical (unpaired) electrons. The van der Waals surface area contributed by atoms with Gasteiger partial charge in [0.1, 0.15) is 0 Å². The smallest absolute Gasteiger partial charge is 0.253 e. The summed E-state index contributed by atoms with van der Waals surface area (Å²) in [5.74, 6) is 0.113. The van der Waals surface area contributed by atoms with Crippen LogP contribution in [0.5, 0.6) is 0 Å². The number of halogens is 1. The van der Waals surface area contributed by atoms with Gasteiger partial charge in [-0.2, -0.15) is 0 Å². The van der Waals surface area contributed by atoms with Gasteiger partial charge < -0.3 is 10.6 Å². The Morgan fingerprint density at radius 3 is 2.87 bits per heavy atom. The van der Waals surface area contributed by atoms with Gasteiger partial charge >= 0.3 is 0 Å². The van der Waals surface area contributed by atoms with Crippen LogP contribution in [0.25, 0.3) is 0 Å². The second-order valence-corrected chi connectivity index (χ2v) is 3.67. The van der Waals surface area contributed by atoms with Crippen molar-refractivity contribution in [2.75, 3.05) is 13.6 Å². The Morgan fingerprint density at radius 1 is 1.47 bits per heavy atom. The van der Waals surface area contributed by atoms with Gasteiger partial charge in [0.25, 0.3) is 5.91 Å². The number of hydrogen-bond acceptors (Lipinski definition) is 2. The number of carbonyl (C=O) groups excluding carboxylic acids is 1. The molecule has 0 spiro atoms. The highest BCUT2D eigenvalue weighted by atomic mass is 35.5. The fourth-order valence-corrected chi connectivity index (χ4v) is 1.76. The zero-order valence-electron chi connectivity index (χ0n) is 8.69. The van der Waals surface area contributed by atoms with E-state index in [0.717, 1.165) is 29.7 Å². The van der Waals surface area contributed by atoms with Crippen molar-refractivity contribution >= 4 is 18.3 Å². The highest BCUT2D eigenvalue weighted by molar-refractivity contribution is 5.96. The third-order valence-corrected chi connectivity index (χ3v) is 2.70. The van der Waals surface area contributed by atoms with Crippen molar-refractivity contribution in [3.8, 4) is 0 Å². The van der Waals surface area contributed by atoms with E-state index >= 15 is 0 Å². The molecule has 0 bridgehead atoms. The first-order valence-corrected chi connectivity index (χ1v) is 4.79. The fraction of sp³-hybridized carbons (Fsp3) is 0.364. The Bertz CT molecular complexity index is 379. The summed E-state index contributed by atoms with van der Waals surface area (Å²) in [7, 11) is 1.83. The van der Waals surface area contributed by atoms with Gasteiger partial charge in [0.2, 0.25) is 0 Å². The predicted octanol–water partition coefficient (Wildman–Crippen LogP) is 1.20. The molecule has 1 aromatic rings. The van der Waals surface area contributed by atoms with Crippen molar-refractivity contribution in [1.29, 1.82) is 0 Å². The molecule has 0 unspecified atom stereocenters. The van der Waals surface area contributed by atoms with Crippen LogP contribution in [0.15, 0.2) is 18.2 Å². The van der Waals surface area contributed by atoms with Gasteiger partial charge in [-0.3, -0.25) is 4.79 Å². The third kappa shape index (κ3) is 2.13. The maximum Gasteiger partial charge on any atom is 0.253 e. The minimum atomic E-state index is 0. The molecule has 1 heterocycles. The van der Waals surface area contributed by atoms with Crippen molar-refractivity contribution in [1.82, 2.24) is 4.90 Å². The summed E-state index contributed by atoms with van der Waals surface area (Å²) in [4.78, 5) is 13.5. The molecule has 1 aromatic carbocycles. The number of carbonyl (C=O) groups is 1. The highest BCUT2D eigenvalue weighted by Crippen LogP contribution is 2.19. The average Bonchev–Trinajstić information content (AvgIpc) is 2.23. The summed E-state index contributed by atoms with van der Waals surface area (Å²) in [6.45, 7) is 1.30. The van der Waals surface area contributed by atoms with E-state index in [1.165, 1.54) is 0 Å². The number of rotatable bonds is 1. The summed E-state index contributed by atoms with van der Waals surface area (Å²) in [5, 5.41) is 0. The monoisotopic (exact) mass is 226 g/mol. The van der Waals surface area contributed by atoms with Crippen molar-refractivity contribution in [2.45, 2.75) is 13.0 Å². The van der Waals surface area contributed by atoms with E-state index in [-0.39, 0.29) is 18.3 Å². The van der Waals surface area contributed by atoms with Crippen LogP contribution in [-0.4, -0.2) is 24.4 Å². The molecule has 2 rings (SSSR count). The van der Waals surface area contributed by atoms with Gasteiger partial charge in [0, 0.05) is 25.7 Å². The second-order valence-electron chi connectivity index (χ2n) is 3.67. The number of likely N-dealkylation sites (N-methyl/N-ethyl adjacent to an activating group) is 1. The molecule has 0 fully saturated rings. The first-order chi connectivity index (χ1) is 6.72. The lowest BCUT2D eigenvalue weighted by Crippen LogP contribution is -2.34. The van der Waals surface area contributed by atoms with Crippen molar-refractivity contribution < 1.29 is 4.79 Å². The van der Waals surface area contributed by atoms with E-state index in [1.807, 2.05) is 25.2 Å². The minimum absolute atomic E-state index is 0. The standard InChI is InChI=1S/C11H14N2O.ClH/c1-13-5-4-9-3-2-8(7-12)6-10(9)11(13)14;/h2-3,6H,4-5,7,12H2,1H3;1H. The molecule has 15 heavy (non-hydrogen) atoms. The molecule has 0 saturated carbocycles. The molecule has 0 atom stereocenters. The normalized spacial score (nSPS) is 14.5. The van der Waals surface area contributed by atoms with Crippen LogP contribution in [0, 0.1) is 0 Å². The predicted molar refractivity (Wildman–Crippen MR) is 62.2 cm³/mol. The Hall–Kier alpha value is -1.06. The topological polar surface area (TPSA) is 46.3 Å². The quantitative estimate of drug-likeness (QED) is 0.782. The van der Waals surface area contributed by atoms with Crippen LogP contribution in [-0.2, 0) is 13.0 Å². The van der Waals surface area contributed by atoms with Crippen LogP contribution >= 0.6 is 12.4 Å². The lowest BCUT2D eigenvalue weighted by atomic mass is 9.97. The molecule has 0 aromatic heterocycles. The van der Waals surface area contributed by atoms with Crippen molar-refractivity contribution in [3.05, 3.63) is 34.9 Å². The molecule has 2 N–H and O–H groups in total. The molecule has 1 aliphatic rings. The average molecular weight is 227 g/mol. The Balaban J connectivity index is 0.00000112. The summed E-state index contributed by atoms with van der Waals surface area (Å²) < 4.78 is 0. The maximum atomic E-state index is 11.8. The number of benzene rings is 1. The van der Waals surface area contributed by atoms with Crippen LogP contribution in [0.2, 0.25) is 0 Å². The van der Waals surface area contributed by atoms with Gasteiger partial charge in [-0.15, -0.1) is 12.4 Å². The number of hydrogen-bond donors (Lipinski definition) is 1. The lowest BCUT2D eigenvalue weighted by molar-refractivity contribution is 0.0781. The van der Waals surface area contributed by atoms with E-state index in [1.54, 1.807) is 4.90 Å². The Morgan fingerprint density at radius 2 is 2.20 bits per heavy atom. The van der Waals surface area contributed by atoms with Gasteiger partial charge in [0.15, 0.2) is 0 Å². The summed E-state index contributed by atoms with van der Waals surface area (Å²) in [6, 6.07) is 5.92. The van der Waals surface area contributed by atoms with E-state index in [4.69, 9.17) is 5.73 Å².